The van der Waals surface area contributed by atoms with Gasteiger partial charge in [-0.15, -0.1) is 0 Å². The Bertz CT molecular complexity index is 1670. The summed E-state index contributed by atoms with van der Waals surface area (Å²) in [7, 11) is 1.50. The van der Waals surface area contributed by atoms with Crippen molar-refractivity contribution in [2.45, 2.75) is 39.8 Å². The Kier molecular flexibility index (Phi) is 7.86. The predicted octanol–water partition coefficient (Wildman–Crippen LogP) is 3.21. The Labute approximate surface area is 227 Å². The lowest BCUT2D eigenvalue weighted by Gasteiger charge is -2.25. The number of aromatic nitrogens is 1. The number of methoxy groups -OCH3 is 1. The zero-order valence-corrected chi connectivity index (χ0v) is 22.8. The van der Waals surface area contributed by atoms with E-state index in [2.05, 4.69) is 4.99 Å². The zero-order valence-electron chi connectivity index (χ0n) is 22.0. The van der Waals surface area contributed by atoms with E-state index in [4.69, 9.17) is 14.2 Å². The number of allylic oxidation sites excluding steroid dienone is 1. The number of phenols is 1. The maximum absolute atomic E-state index is 13.8. The quantitative estimate of drug-likeness (QED) is 0.255. The summed E-state index contributed by atoms with van der Waals surface area (Å²) in [6.45, 7) is 7.28. The van der Waals surface area contributed by atoms with E-state index in [-0.39, 0.29) is 22.8 Å². The fourth-order valence-electron chi connectivity index (χ4n) is 4.24. The molecule has 2 heterocycles. The first-order valence-corrected chi connectivity index (χ1v) is 12.9. The van der Waals surface area contributed by atoms with E-state index in [1.807, 2.05) is 13.8 Å². The minimum absolute atomic E-state index is 0.102. The minimum atomic E-state index is -0.876. The highest BCUT2D eigenvalue weighted by Crippen LogP contribution is 2.36. The van der Waals surface area contributed by atoms with Gasteiger partial charge in [-0.05, 0) is 63.1 Å². The molecule has 39 heavy (non-hydrogen) atoms. The van der Waals surface area contributed by atoms with E-state index in [0.717, 1.165) is 11.3 Å². The van der Waals surface area contributed by atoms with Gasteiger partial charge >= 0.3 is 11.7 Å². The second-order valence-corrected chi connectivity index (χ2v) is 9.89. The number of carbonyl (C=O) groups excluding carboxylic acids is 1. The summed E-state index contributed by atoms with van der Waals surface area (Å²) in [5.41, 5.74) is 0.595. The monoisotopic (exact) mass is 553 g/mol. The molecule has 11 nitrogen and oxygen atoms in total. The van der Waals surface area contributed by atoms with E-state index in [1.54, 1.807) is 32.0 Å². The molecule has 12 heteroatoms. The molecule has 1 N–H and O–H groups in total. The number of esters is 1. The fraction of sp³-hybridized carbons (Fsp3) is 0.296. The molecule has 1 aromatic heterocycles. The molecule has 0 amide bonds. The Balaban J connectivity index is 1.94. The molecule has 1 atom stereocenters. The lowest BCUT2D eigenvalue weighted by molar-refractivity contribution is -0.385. The maximum atomic E-state index is 13.8. The number of nitro benzene ring substituents is 1. The molecule has 1 aliphatic rings. The molecule has 0 unspecified atom stereocenters. The number of benzene rings is 2. The summed E-state index contributed by atoms with van der Waals surface area (Å²) >= 11 is 1.08. The van der Waals surface area contributed by atoms with Gasteiger partial charge in [0.1, 0.15) is 0 Å². The van der Waals surface area contributed by atoms with Crippen molar-refractivity contribution >= 4 is 29.1 Å². The molecule has 1 aliphatic heterocycles. The molecule has 0 radical (unpaired) electrons. The van der Waals surface area contributed by atoms with Crippen molar-refractivity contribution in [3.05, 3.63) is 88.6 Å². The first-order valence-electron chi connectivity index (χ1n) is 12.1. The van der Waals surface area contributed by atoms with E-state index in [9.17, 15) is 24.8 Å². The van der Waals surface area contributed by atoms with E-state index in [0.29, 0.717) is 33.1 Å². The number of nitrogens with zero attached hydrogens (tertiary/aromatic N) is 3. The van der Waals surface area contributed by atoms with Crippen LogP contribution in [0.3, 0.4) is 0 Å². The normalized spacial score (nSPS) is 15.1. The Morgan fingerprint density at radius 3 is 2.64 bits per heavy atom. The third-order valence-electron chi connectivity index (χ3n) is 5.88. The van der Waals surface area contributed by atoms with Crippen molar-refractivity contribution in [2.75, 3.05) is 13.7 Å². The van der Waals surface area contributed by atoms with Crippen molar-refractivity contribution in [1.82, 2.24) is 4.57 Å². The number of hydrogen-bond acceptors (Lipinski definition) is 10. The van der Waals surface area contributed by atoms with Gasteiger partial charge in [-0.2, -0.15) is 0 Å². The van der Waals surface area contributed by atoms with Gasteiger partial charge in [0, 0.05) is 6.07 Å². The van der Waals surface area contributed by atoms with Gasteiger partial charge < -0.3 is 19.3 Å². The van der Waals surface area contributed by atoms with Crippen LogP contribution in [0.2, 0.25) is 0 Å². The van der Waals surface area contributed by atoms with Crippen LogP contribution in [0.5, 0.6) is 17.2 Å². The number of ether oxygens (including phenoxy) is 3. The average Bonchev–Trinajstić information content (AvgIpc) is 3.18. The molecule has 2 aromatic carbocycles. The van der Waals surface area contributed by atoms with E-state index < -0.39 is 33.9 Å². The predicted molar refractivity (Wildman–Crippen MR) is 144 cm³/mol. The second kappa shape index (κ2) is 11.1. The number of hydrogen-bond donors (Lipinski definition) is 1. The fourth-order valence-corrected chi connectivity index (χ4v) is 5.29. The first-order chi connectivity index (χ1) is 18.5. The molecule has 0 saturated heterocycles. The van der Waals surface area contributed by atoms with Gasteiger partial charge in [-0.1, -0.05) is 23.5 Å². The molecule has 0 fully saturated rings. The van der Waals surface area contributed by atoms with Crippen LogP contribution in [0, 0.1) is 10.1 Å². The standard InChI is InChI=1S/C27H27N3O8S/c1-6-37-26(33)23-15(4)28-27-29(24(23)17-8-10-20(38-14(2)3)21(13-17)36-5)25(32)22(39-27)12-16-7-9-19(31)18(11-16)30(34)35/h7-14,24,31H,6H2,1-5H3/b22-12-/t24-/m0/s1. The van der Waals surface area contributed by atoms with E-state index >= 15 is 0 Å². The number of nitro groups is 1. The van der Waals surface area contributed by atoms with E-state index in [1.165, 1.54) is 36.0 Å². The lowest BCUT2D eigenvalue weighted by atomic mass is 9.95. The highest BCUT2D eigenvalue weighted by Gasteiger charge is 2.34. The summed E-state index contributed by atoms with van der Waals surface area (Å²) in [4.78, 5) is 42.3. The summed E-state index contributed by atoms with van der Waals surface area (Å²) in [6, 6.07) is 8.14. The van der Waals surface area contributed by atoms with Crippen LogP contribution < -0.4 is 24.4 Å². The maximum Gasteiger partial charge on any atom is 0.338 e. The molecule has 4 rings (SSSR count). The number of carbonyl (C=O) groups is 1. The third-order valence-corrected chi connectivity index (χ3v) is 6.86. The molecular weight excluding hydrogens is 526 g/mol. The number of rotatable bonds is 8. The van der Waals surface area contributed by atoms with Gasteiger partial charge in [0.2, 0.25) is 0 Å². The van der Waals surface area contributed by atoms with Gasteiger partial charge in [0.15, 0.2) is 22.0 Å². The smallest absolute Gasteiger partial charge is 0.338 e. The molecule has 3 aromatic rings. The van der Waals surface area contributed by atoms with Crippen LogP contribution in [0.15, 0.2) is 57.5 Å². The zero-order chi connectivity index (χ0) is 28.4. The molecule has 0 bridgehead atoms. The molecule has 204 valence electrons. The number of phenolic OH excluding ortho intramolecular Hbond substituents is 1. The van der Waals surface area contributed by atoms with Gasteiger partial charge in [0.25, 0.3) is 5.56 Å². The molecule has 0 saturated carbocycles. The Morgan fingerprint density at radius 2 is 2.00 bits per heavy atom. The minimum Gasteiger partial charge on any atom is -0.502 e. The van der Waals surface area contributed by atoms with Crippen LogP contribution in [0.25, 0.3) is 6.08 Å². The first kappa shape index (κ1) is 27.6. The van der Waals surface area contributed by atoms with Crippen LogP contribution in [-0.2, 0) is 9.53 Å². The Morgan fingerprint density at radius 1 is 1.26 bits per heavy atom. The molecular formula is C27H27N3O8S. The van der Waals surface area contributed by atoms with Gasteiger partial charge in [-0.25, -0.2) is 9.79 Å². The van der Waals surface area contributed by atoms with Crippen molar-refractivity contribution in [3.63, 3.8) is 0 Å². The third kappa shape index (κ3) is 5.41. The molecule has 0 aliphatic carbocycles. The van der Waals surface area contributed by atoms with Crippen LogP contribution >= 0.6 is 11.3 Å². The highest BCUT2D eigenvalue weighted by molar-refractivity contribution is 7.07. The van der Waals surface area contributed by atoms with Crippen molar-refractivity contribution < 1.29 is 29.0 Å². The largest absolute Gasteiger partial charge is 0.502 e. The van der Waals surface area contributed by atoms with Crippen molar-refractivity contribution in [2.24, 2.45) is 4.99 Å². The van der Waals surface area contributed by atoms with Crippen molar-refractivity contribution in [1.29, 1.82) is 0 Å². The van der Waals surface area contributed by atoms with Crippen molar-refractivity contribution in [3.8, 4) is 17.2 Å². The van der Waals surface area contributed by atoms with Crippen LogP contribution in [0.1, 0.15) is 44.9 Å². The van der Waals surface area contributed by atoms with Gasteiger partial charge in [-0.3, -0.25) is 19.5 Å². The summed E-state index contributed by atoms with van der Waals surface area (Å²) in [5.74, 6) is -0.144. The molecule has 0 spiro atoms. The number of aromatic hydroxyl groups is 1. The van der Waals surface area contributed by atoms with Crippen LogP contribution in [0.4, 0.5) is 5.69 Å². The topological polar surface area (TPSA) is 142 Å². The number of thiazole rings is 1. The van der Waals surface area contributed by atoms with Gasteiger partial charge in [0.05, 0.1) is 46.6 Å². The van der Waals surface area contributed by atoms with Crippen LogP contribution in [-0.4, -0.2) is 40.4 Å². The lowest BCUT2D eigenvalue weighted by Crippen LogP contribution is -2.40. The summed E-state index contributed by atoms with van der Waals surface area (Å²) in [6.07, 6.45) is 1.38. The average molecular weight is 554 g/mol. The number of fused-ring (bicyclic) bond motifs is 1. The Hall–Kier alpha value is -4.45. The SMILES string of the molecule is CCOC(=O)C1=C(C)N=c2s/c(=C\c3ccc(O)c([N+](=O)[O-])c3)c(=O)n2[C@H]1c1ccc(OC(C)C)c(OC)c1. The summed E-state index contributed by atoms with van der Waals surface area (Å²) in [5, 5.41) is 21.0. The second-order valence-electron chi connectivity index (χ2n) is 8.88. The summed E-state index contributed by atoms with van der Waals surface area (Å²) < 4.78 is 18.3. The highest BCUT2D eigenvalue weighted by atomic mass is 32.1.